The maximum atomic E-state index is 13.9. The van der Waals surface area contributed by atoms with Gasteiger partial charge in [-0.2, -0.15) is 0 Å². The van der Waals surface area contributed by atoms with Crippen molar-refractivity contribution in [3.05, 3.63) is 65.5 Å². The zero-order chi connectivity index (χ0) is 13.7. The SMILES string of the molecule is CCCNC(c1ccc(F)cn1)c1ccccc1F. The predicted molar refractivity (Wildman–Crippen MR) is 70.7 cm³/mol. The molecule has 0 radical (unpaired) electrons. The lowest BCUT2D eigenvalue weighted by Crippen LogP contribution is -2.25. The first-order valence-electron chi connectivity index (χ1n) is 6.31. The van der Waals surface area contributed by atoms with Gasteiger partial charge in [-0.1, -0.05) is 25.1 Å². The third-order valence-electron chi connectivity index (χ3n) is 2.86. The number of hydrogen-bond donors (Lipinski definition) is 1. The Kier molecular flexibility index (Phi) is 4.58. The van der Waals surface area contributed by atoms with Crippen molar-refractivity contribution in [2.75, 3.05) is 6.54 Å². The molecule has 2 nitrogen and oxygen atoms in total. The van der Waals surface area contributed by atoms with Gasteiger partial charge in [-0.3, -0.25) is 4.98 Å². The van der Waals surface area contributed by atoms with Gasteiger partial charge in [-0.15, -0.1) is 0 Å². The molecule has 1 unspecified atom stereocenters. The summed E-state index contributed by atoms with van der Waals surface area (Å²) in [6.45, 7) is 2.77. The van der Waals surface area contributed by atoms with Gasteiger partial charge in [-0.05, 0) is 31.2 Å². The molecule has 2 rings (SSSR count). The predicted octanol–water partition coefficient (Wildman–Crippen LogP) is 3.45. The van der Waals surface area contributed by atoms with E-state index in [9.17, 15) is 8.78 Å². The fourth-order valence-electron chi connectivity index (χ4n) is 1.93. The smallest absolute Gasteiger partial charge is 0.141 e. The monoisotopic (exact) mass is 262 g/mol. The summed E-state index contributed by atoms with van der Waals surface area (Å²) < 4.78 is 26.8. The van der Waals surface area contributed by atoms with Crippen molar-refractivity contribution in [3.63, 3.8) is 0 Å². The molecule has 0 saturated carbocycles. The topological polar surface area (TPSA) is 24.9 Å². The molecule has 1 heterocycles. The van der Waals surface area contributed by atoms with Crippen LogP contribution in [-0.2, 0) is 0 Å². The first-order valence-corrected chi connectivity index (χ1v) is 6.31. The van der Waals surface area contributed by atoms with E-state index in [-0.39, 0.29) is 11.9 Å². The number of halogens is 2. The molecule has 1 aromatic carbocycles. The van der Waals surface area contributed by atoms with Crippen LogP contribution in [0.2, 0.25) is 0 Å². The Hall–Kier alpha value is -1.81. The maximum absolute atomic E-state index is 13.9. The largest absolute Gasteiger partial charge is 0.305 e. The third-order valence-corrected chi connectivity index (χ3v) is 2.86. The van der Waals surface area contributed by atoms with E-state index in [4.69, 9.17) is 0 Å². The Morgan fingerprint density at radius 1 is 1.16 bits per heavy atom. The molecular weight excluding hydrogens is 246 g/mol. The summed E-state index contributed by atoms with van der Waals surface area (Å²) in [4.78, 5) is 4.04. The molecule has 0 aliphatic carbocycles. The standard InChI is InChI=1S/C15H16F2N2/c1-2-9-18-15(12-5-3-4-6-13(12)17)14-8-7-11(16)10-19-14/h3-8,10,15,18H,2,9H2,1H3. The minimum atomic E-state index is -0.397. The summed E-state index contributed by atoms with van der Waals surface area (Å²) >= 11 is 0. The van der Waals surface area contributed by atoms with Gasteiger partial charge < -0.3 is 5.32 Å². The molecule has 1 N–H and O–H groups in total. The van der Waals surface area contributed by atoms with Crippen molar-refractivity contribution in [1.29, 1.82) is 0 Å². The lowest BCUT2D eigenvalue weighted by atomic mass is 10.0. The van der Waals surface area contributed by atoms with Gasteiger partial charge in [0.2, 0.25) is 0 Å². The first-order chi connectivity index (χ1) is 9.22. The van der Waals surface area contributed by atoms with E-state index in [1.807, 2.05) is 6.92 Å². The van der Waals surface area contributed by atoms with Gasteiger partial charge in [0.25, 0.3) is 0 Å². The third kappa shape index (κ3) is 3.35. The minimum Gasteiger partial charge on any atom is -0.305 e. The van der Waals surface area contributed by atoms with Crippen molar-refractivity contribution in [2.24, 2.45) is 0 Å². The van der Waals surface area contributed by atoms with Crippen LogP contribution in [-0.4, -0.2) is 11.5 Å². The number of pyridine rings is 1. The van der Waals surface area contributed by atoms with Crippen LogP contribution in [0.3, 0.4) is 0 Å². The van der Waals surface area contributed by atoms with E-state index in [0.717, 1.165) is 19.2 Å². The van der Waals surface area contributed by atoms with E-state index in [1.54, 1.807) is 24.3 Å². The van der Waals surface area contributed by atoms with Crippen molar-refractivity contribution < 1.29 is 8.78 Å². The van der Waals surface area contributed by atoms with Crippen LogP contribution >= 0.6 is 0 Å². The zero-order valence-corrected chi connectivity index (χ0v) is 10.7. The van der Waals surface area contributed by atoms with Gasteiger partial charge in [0.1, 0.15) is 11.6 Å². The summed E-state index contributed by atoms with van der Waals surface area (Å²) in [6.07, 6.45) is 2.07. The summed E-state index contributed by atoms with van der Waals surface area (Å²) in [6, 6.07) is 9.12. The summed E-state index contributed by atoms with van der Waals surface area (Å²) in [5, 5.41) is 3.24. The molecule has 0 spiro atoms. The fraction of sp³-hybridized carbons (Fsp3) is 0.267. The number of rotatable bonds is 5. The Balaban J connectivity index is 2.35. The molecule has 2 aromatic rings. The number of benzene rings is 1. The molecular formula is C15H16F2N2. The van der Waals surface area contributed by atoms with Crippen molar-refractivity contribution in [3.8, 4) is 0 Å². The second-order valence-corrected chi connectivity index (χ2v) is 4.31. The highest BCUT2D eigenvalue weighted by Crippen LogP contribution is 2.23. The van der Waals surface area contributed by atoms with Crippen LogP contribution in [0.15, 0.2) is 42.6 Å². The number of nitrogens with one attached hydrogen (secondary N) is 1. The Morgan fingerprint density at radius 2 is 1.95 bits per heavy atom. The summed E-state index contributed by atoms with van der Waals surface area (Å²) in [5.74, 6) is -0.686. The maximum Gasteiger partial charge on any atom is 0.141 e. The summed E-state index contributed by atoms with van der Waals surface area (Å²) in [7, 11) is 0. The quantitative estimate of drug-likeness (QED) is 0.892. The Labute approximate surface area is 111 Å². The molecule has 0 saturated heterocycles. The lowest BCUT2D eigenvalue weighted by Gasteiger charge is -2.19. The molecule has 0 fully saturated rings. The van der Waals surface area contributed by atoms with Crippen LogP contribution in [0.25, 0.3) is 0 Å². The molecule has 0 bridgehead atoms. The average molecular weight is 262 g/mol. The van der Waals surface area contributed by atoms with Crippen molar-refractivity contribution >= 4 is 0 Å². The highest BCUT2D eigenvalue weighted by Gasteiger charge is 2.18. The van der Waals surface area contributed by atoms with Gasteiger partial charge in [0.15, 0.2) is 0 Å². The zero-order valence-electron chi connectivity index (χ0n) is 10.7. The molecule has 1 atom stereocenters. The fourth-order valence-corrected chi connectivity index (χ4v) is 1.93. The van der Waals surface area contributed by atoms with E-state index in [0.29, 0.717) is 11.3 Å². The highest BCUT2D eigenvalue weighted by atomic mass is 19.1. The van der Waals surface area contributed by atoms with Crippen LogP contribution in [0.1, 0.15) is 30.6 Å². The van der Waals surface area contributed by atoms with Crippen LogP contribution in [0.5, 0.6) is 0 Å². The van der Waals surface area contributed by atoms with Crippen molar-refractivity contribution in [2.45, 2.75) is 19.4 Å². The van der Waals surface area contributed by atoms with Gasteiger partial charge in [-0.25, -0.2) is 8.78 Å². The molecule has 19 heavy (non-hydrogen) atoms. The number of hydrogen-bond acceptors (Lipinski definition) is 2. The normalized spacial score (nSPS) is 12.4. The molecule has 0 aliphatic rings. The molecule has 4 heteroatoms. The van der Waals surface area contributed by atoms with Crippen molar-refractivity contribution in [1.82, 2.24) is 10.3 Å². The Bertz CT molecular complexity index is 526. The first kappa shape index (κ1) is 13.6. The lowest BCUT2D eigenvalue weighted by molar-refractivity contribution is 0.536. The molecule has 100 valence electrons. The van der Waals surface area contributed by atoms with Gasteiger partial charge >= 0.3 is 0 Å². The number of aromatic nitrogens is 1. The summed E-state index contributed by atoms with van der Waals surface area (Å²) in [5.41, 5.74) is 1.13. The van der Waals surface area contributed by atoms with Crippen LogP contribution < -0.4 is 5.32 Å². The second-order valence-electron chi connectivity index (χ2n) is 4.31. The number of nitrogens with zero attached hydrogens (tertiary/aromatic N) is 1. The van der Waals surface area contributed by atoms with Crippen LogP contribution in [0, 0.1) is 11.6 Å². The highest BCUT2D eigenvalue weighted by molar-refractivity contribution is 5.29. The van der Waals surface area contributed by atoms with E-state index in [1.165, 1.54) is 12.1 Å². The molecule has 0 amide bonds. The minimum absolute atomic E-state index is 0.290. The second kappa shape index (κ2) is 6.38. The van der Waals surface area contributed by atoms with E-state index >= 15 is 0 Å². The van der Waals surface area contributed by atoms with Gasteiger partial charge in [0, 0.05) is 5.56 Å². The molecule has 1 aromatic heterocycles. The Morgan fingerprint density at radius 3 is 2.58 bits per heavy atom. The van der Waals surface area contributed by atoms with E-state index in [2.05, 4.69) is 10.3 Å². The molecule has 0 aliphatic heterocycles. The van der Waals surface area contributed by atoms with Gasteiger partial charge in [0.05, 0.1) is 17.9 Å². The average Bonchev–Trinajstić information content (AvgIpc) is 2.43. The van der Waals surface area contributed by atoms with E-state index < -0.39 is 5.82 Å². The van der Waals surface area contributed by atoms with Crippen LogP contribution in [0.4, 0.5) is 8.78 Å².